The Morgan fingerprint density at radius 3 is 1.70 bits per heavy atom. The Morgan fingerprint density at radius 2 is 1.16 bits per heavy atom. The molecule has 0 aromatic heterocycles. The van der Waals surface area contributed by atoms with E-state index in [4.69, 9.17) is 16.4 Å². The molecule has 2 saturated carbocycles. The molecule has 2 nitrogen and oxygen atoms in total. The normalized spacial score (nSPS) is 24.1. The van der Waals surface area contributed by atoms with Crippen LogP contribution in [0.4, 0.5) is 5.69 Å². The van der Waals surface area contributed by atoms with Crippen LogP contribution in [-0.2, 0) is 10.4 Å². The van der Waals surface area contributed by atoms with E-state index in [1.165, 1.54) is 47.9 Å². The second-order valence-electron chi connectivity index (χ2n) is 10.5. The van der Waals surface area contributed by atoms with Crippen molar-refractivity contribution in [3.05, 3.63) is 148 Å². The van der Waals surface area contributed by atoms with E-state index < -0.39 is 5.60 Å². The highest BCUT2D eigenvalue weighted by Gasteiger charge is 2.60. The van der Waals surface area contributed by atoms with Crippen molar-refractivity contribution in [2.24, 2.45) is 11.8 Å². The molecule has 3 fully saturated rings. The summed E-state index contributed by atoms with van der Waals surface area (Å²) in [5.74, 6) is 1.31. The second-order valence-corrected chi connectivity index (χ2v) is 10.9. The minimum atomic E-state index is -0.713. The molecule has 0 amide bonds. The van der Waals surface area contributed by atoms with Gasteiger partial charge in [0.2, 0.25) is 0 Å². The highest BCUT2D eigenvalue weighted by molar-refractivity contribution is 6.30. The summed E-state index contributed by atoms with van der Waals surface area (Å²) in [6, 6.07) is 40.5. The third kappa shape index (κ3) is 3.74. The number of allylic oxidation sites excluding steroid dienone is 1. The zero-order valence-electron chi connectivity index (χ0n) is 20.8. The summed E-state index contributed by atoms with van der Waals surface area (Å²) in [7, 11) is 0. The van der Waals surface area contributed by atoms with E-state index in [0.717, 1.165) is 10.7 Å². The van der Waals surface area contributed by atoms with Crippen LogP contribution >= 0.6 is 11.6 Å². The lowest BCUT2D eigenvalue weighted by atomic mass is 9.75. The molecule has 4 aromatic carbocycles. The van der Waals surface area contributed by atoms with E-state index in [2.05, 4.69) is 108 Å². The van der Waals surface area contributed by atoms with Crippen LogP contribution < -0.4 is 5.06 Å². The Kier molecular flexibility index (Phi) is 5.68. The number of hydrogen-bond donors (Lipinski definition) is 0. The molecule has 37 heavy (non-hydrogen) atoms. The van der Waals surface area contributed by atoms with Gasteiger partial charge in [0.25, 0.3) is 0 Å². The molecule has 0 radical (unpaired) electrons. The fourth-order valence-corrected chi connectivity index (χ4v) is 6.92. The van der Waals surface area contributed by atoms with Crippen molar-refractivity contribution in [1.82, 2.24) is 0 Å². The molecule has 1 aliphatic heterocycles. The van der Waals surface area contributed by atoms with Crippen molar-refractivity contribution in [3.63, 3.8) is 0 Å². The SMILES string of the molecule is Clc1ccc(C2C(=C3C4CCCCC34)C(c3ccccc3)(c3ccccc3)ON2c2ccccc2)cc1. The van der Waals surface area contributed by atoms with E-state index in [9.17, 15) is 0 Å². The van der Waals surface area contributed by atoms with Gasteiger partial charge in [0.1, 0.15) is 6.04 Å². The summed E-state index contributed by atoms with van der Waals surface area (Å²) < 4.78 is 0. The largest absolute Gasteiger partial charge is 0.252 e. The van der Waals surface area contributed by atoms with Crippen molar-refractivity contribution < 1.29 is 4.84 Å². The first-order chi connectivity index (χ1) is 18.3. The fraction of sp³-hybridized carbons (Fsp3) is 0.235. The van der Waals surface area contributed by atoms with Crippen LogP contribution in [0, 0.1) is 11.8 Å². The molecule has 1 saturated heterocycles. The lowest BCUT2D eigenvalue weighted by Crippen LogP contribution is -2.31. The third-order valence-electron chi connectivity index (χ3n) is 8.45. The van der Waals surface area contributed by atoms with Crippen LogP contribution in [0.2, 0.25) is 5.02 Å². The van der Waals surface area contributed by atoms with Crippen LogP contribution in [0.5, 0.6) is 0 Å². The molecule has 0 bridgehead atoms. The molecule has 7 rings (SSSR count). The van der Waals surface area contributed by atoms with Crippen molar-refractivity contribution >= 4 is 17.3 Å². The molecular weight excluding hydrogens is 474 g/mol. The topological polar surface area (TPSA) is 12.5 Å². The third-order valence-corrected chi connectivity index (χ3v) is 8.70. The maximum Gasteiger partial charge on any atom is 0.170 e. The number of fused-ring (bicyclic) bond motifs is 1. The van der Waals surface area contributed by atoms with E-state index >= 15 is 0 Å². The summed E-state index contributed by atoms with van der Waals surface area (Å²) in [5.41, 5.74) is 6.90. The Balaban J connectivity index is 1.55. The van der Waals surface area contributed by atoms with Gasteiger partial charge >= 0.3 is 0 Å². The first-order valence-corrected chi connectivity index (χ1v) is 13.8. The fourth-order valence-electron chi connectivity index (χ4n) is 6.79. The zero-order valence-corrected chi connectivity index (χ0v) is 21.5. The van der Waals surface area contributed by atoms with Gasteiger partial charge in [0.05, 0.1) is 5.69 Å². The predicted molar refractivity (Wildman–Crippen MR) is 150 cm³/mol. The molecule has 1 heterocycles. The molecule has 3 atom stereocenters. The van der Waals surface area contributed by atoms with Crippen LogP contribution in [0.1, 0.15) is 48.4 Å². The van der Waals surface area contributed by atoms with Gasteiger partial charge in [-0.05, 0) is 65.6 Å². The molecular formula is C34H30ClNO. The van der Waals surface area contributed by atoms with E-state index in [0.29, 0.717) is 11.8 Å². The summed E-state index contributed by atoms with van der Waals surface area (Å²) >= 11 is 6.37. The van der Waals surface area contributed by atoms with Gasteiger partial charge in [-0.3, -0.25) is 4.84 Å². The summed E-state index contributed by atoms with van der Waals surface area (Å²) in [5, 5.41) is 2.91. The lowest BCUT2D eigenvalue weighted by molar-refractivity contribution is 0.0294. The summed E-state index contributed by atoms with van der Waals surface area (Å²) in [6.45, 7) is 0. The first-order valence-electron chi connectivity index (χ1n) is 13.4. The molecule has 184 valence electrons. The first kappa shape index (κ1) is 22.8. The molecule has 3 heteroatoms. The minimum absolute atomic E-state index is 0.0549. The highest BCUT2D eigenvalue weighted by Crippen LogP contribution is 2.65. The van der Waals surface area contributed by atoms with Gasteiger partial charge in [-0.15, -0.1) is 0 Å². The maximum atomic E-state index is 7.37. The van der Waals surface area contributed by atoms with E-state index in [1.807, 2.05) is 12.1 Å². The van der Waals surface area contributed by atoms with Gasteiger partial charge in [-0.25, -0.2) is 5.06 Å². The van der Waals surface area contributed by atoms with E-state index in [-0.39, 0.29) is 6.04 Å². The number of hydroxylamine groups is 1. The van der Waals surface area contributed by atoms with Crippen molar-refractivity contribution in [2.45, 2.75) is 37.3 Å². The zero-order chi connectivity index (χ0) is 24.8. The van der Waals surface area contributed by atoms with Gasteiger partial charge < -0.3 is 0 Å². The lowest BCUT2D eigenvalue weighted by Gasteiger charge is -2.31. The van der Waals surface area contributed by atoms with E-state index in [1.54, 1.807) is 5.57 Å². The summed E-state index contributed by atoms with van der Waals surface area (Å²) in [4.78, 5) is 7.37. The number of hydrogen-bond acceptors (Lipinski definition) is 2. The molecule has 4 aromatic rings. The average molecular weight is 504 g/mol. The van der Waals surface area contributed by atoms with Crippen molar-refractivity contribution in [1.29, 1.82) is 0 Å². The van der Waals surface area contributed by atoms with Crippen LogP contribution in [0.15, 0.2) is 126 Å². The van der Waals surface area contributed by atoms with Crippen LogP contribution in [0.25, 0.3) is 0 Å². The van der Waals surface area contributed by atoms with Crippen molar-refractivity contribution in [2.75, 3.05) is 5.06 Å². The van der Waals surface area contributed by atoms with Crippen LogP contribution in [0.3, 0.4) is 0 Å². The van der Waals surface area contributed by atoms with Gasteiger partial charge in [-0.2, -0.15) is 0 Å². The van der Waals surface area contributed by atoms with Crippen molar-refractivity contribution in [3.8, 4) is 0 Å². The maximum absolute atomic E-state index is 7.37. The van der Waals surface area contributed by atoms with Crippen LogP contribution in [-0.4, -0.2) is 0 Å². The van der Waals surface area contributed by atoms with Gasteiger partial charge in [0.15, 0.2) is 5.60 Å². The molecule has 3 aliphatic rings. The predicted octanol–water partition coefficient (Wildman–Crippen LogP) is 8.89. The molecule has 0 spiro atoms. The minimum Gasteiger partial charge on any atom is -0.252 e. The Labute approximate surface area is 224 Å². The number of para-hydroxylation sites is 1. The molecule has 0 N–H and O–H groups in total. The number of rotatable bonds is 4. The Hall–Kier alpha value is -3.33. The Morgan fingerprint density at radius 1 is 0.649 bits per heavy atom. The standard InChI is InChI=1S/C34H30ClNO/c35-27-22-20-24(21-23-27)33-32(31-29-18-10-11-19-30(29)31)34(25-12-4-1-5-13-25,26-14-6-2-7-15-26)37-36(33)28-16-8-3-9-17-28/h1-9,12-17,20-23,29-30,33H,10-11,18-19H2. The quantitative estimate of drug-likeness (QED) is 0.258. The van der Waals surface area contributed by atoms with Gasteiger partial charge in [0, 0.05) is 10.6 Å². The number of nitrogens with zero attached hydrogens (tertiary/aromatic N) is 1. The number of halogens is 1. The monoisotopic (exact) mass is 503 g/mol. The second kappa shape index (κ2) is 9.20. The Bertz CT molecular complexity index is 1360. The number of anilines is 1. The average Bonchev–Trinajstić information content (AvgIpc) is 3.58. The molecule has 3 unspecified atom stereocenters. The smallest absolute Gasteiger partial charge is 0.170 e. The van der Waals surface area contributed by atoms with Gasteiger partial charge in [-0.1, -0.05) is 121 Å². The summed E-state index contributed by atoms with van der Waals surface area (Å²) in [6.07, 6.45) is 5.19. The highest BCUT2D eigenvalue weighted by atomic mass is 35.5. The number of benzene rings is 4. The molecule has 2 aliphatic carbocycles.